The van der Waals surface area contributed by atoms with Gasteiger partial charge < -0.3 is 20.4 Å². The minimum atomic E-state index is -0.0294. The lowest BCUT2D eigenvalue weighted by atomic mass is 10.2. The van der Waals surface area contributed by atoms with Crippen LogP contribution in [0.4, 0.5) is 23.1 Å². The molecule has 3 heterocycles. The van der Waals surface area contributed by atoms with Crippen molar-refractivity contribution in [2.75, 3.05) is 36.2 Å². The van der Waals surface area contributed by atoms with Gasteiger partial charge in [-0.25, -0.2) is 4.98 Å². The Bertz CT molecular complexity index is 1250. The third-order valence-electron chi connectivity index (χ3n) is 6.35. The van der Waals surface area contributed by atoms with Crippen molar-refractivity contribution in [3.05, 3.63) is 53.5 Å². The Hall–Kier alpha value is -3.95. The van der Waals surface area contributed by atoms with E-state index < -0.39 is 0 Å². The number of hydrogen-bond donors (Lipinski definition) is 2. The topological polar surface area (TPSA) is 108 Å². The van der Waals surface area contributed by atoms with Crippen LogP contribution >= 0.6 is 0 Å². The highest BCUT2D eigenvalue weighted by atomic mass is 16.2. The highest BCUT2D eigenvalue weighted by Crippen LogP contribution is 2.32. The highest BCUT2D eigenvalue weighted by Gasteiger charge is 2.29. The van der Waals surface area contributed by atoms with E-state index in [-0.39, 0.29) is 24.3 Å². The Balaban J connectivity index is 1.26. The summed E-state index contributed by atoms with van der Waals surface area (Å²) in [6, 6.07) is 8.03. The van der Waals surface area contributed by atoms with Crippen LogP contribution in [0.25, 0.3) is 0 Å². The average molecular weight is 475 g/mol. The fraction of sp³-hybridized carbons (Fsp3) is 0.400. The number of fused-ring (bicyclic) bond motifs is 1. The molecule has 2 amide bonds. The molecule has 0 spiro atoms. The molecular weight excluding hydrogens is 444 g/mol. The Kier molecular flexibility index (Phi) is 6.10. The van der Waals surface area contributed by atoms with Crippen LogP contribution in [0.1, 0.15) is 29.7 Å². The smallest absolute Gasteiger partial charge is 0.243 e. The van der Waals surface area contributed by atoms with Gasteiger partial charge >= 0.3 is 0 Å². The fourth-order valence-electron chi connectivity index (χ4n) is 4.13. The Morgan fingerprint density at radius 1 is 1.11 bits per heavy atom. The van der Waals surface area contributed by atoms with Crippen LogP contribution in [0.3, 0.4) is 0 Å². The lowest BCUT2D eigenvalue weighted by Crippen LogP contribution is -2.26. The molecule has 0 atom stereocenters. The second-order valence-corrected chi connectivity index (χ2v) is 9.41. The number of amides is 2. The summed E-state index contributed by atoms with van der Waals surface area (Å²) in [4.78, 5) is 37.1. The number of aryl methyl sites for hydroxylation is 1. The maximum atomic E-state index is 12.0. The molecule has 0 radical (unpaired) electrons. The Morgan fingerprint density at radius 3 is 2.60 bits per heavy atom. The van der Waals surface area contributed by atoms with Gasteiger partial charge in [-0.2, -0.15) is 10.1 Å². The van der Waals surface area contributed by atoms with Crippen molar-refractivity contribution in [3.8, 4) is 0 Å². The molecule has 2 N–H and O–H groups in total. The lowest BCUT2D eigenvalue weighted by molar-refractivity contribution is -0.129. The van der Waals surface area contributed by atoms with Gasteiger partial charge in [-0.05, 0) is 43.9 Å². The first-order chi connectivity index (χ1) is 16.9. The van der Waals surface area contributed by atoms with Crippen LogP contribution in [-0.2, 0) is 29.1 Å². The predicted molar refractivity (Wildman–Crippen MR) is 134 cm³/mol. The minimum Gasteiger partial charge on any atom is -0.352 e. The molecule has 1 aliphatic heterocycles. The highest BCUT2D eigenvalue weighted by molar-refractivity contribution is 5.94. The summed E-state index contributed by atoms with van der Waals surface area (Å²) in [5.74, 6) is 1.72. The summed E-state index contributed by atoms with van der Waals surface area (Å²) >= 11 is 0. The van der Waals surface area contributed by atoms with E-state index in [1.165, 1.54) is 4.90 Å². The quantitative estimate of drug-likeness (QED) is 0.517. The molecule has 1 fully saturated rings. The molecule has 0 saturated heterocycles. The van der Waals surface area contributed by atoms with Gasteiger partial charge in [-0.15, -0.1) is 0 Å². The number of nitrogens with zero attached hydrogens (tertiary/aromatic N) is 6. The molecule has 0 bridgehead atoms. The zero-order chi connectivity index (χ0) is 24.5. The van der Waals surface area contributed by atoms with E-state index in [0.717, 1.165) is 66.4 Å². The van der Waals surface area contributed by atoms with E-state index in [1.54, 1.807) is 31.2 Å². The van der Waals surface area contributed by atoms with Gasteiger partial charge in [0, 0.05) is 56.2 Å². The van der Waals surface area contributed by atoms with E-state index in [2.05, 4.69) is 37.7 Å². The molecule has 5 rings (SSSR count). The summed E-state index contributed by atoms with van der Waals surface area (Å²) in [6.45, 7) is 3.78. The van der Waals surface area contributed by atoms with Crippen LogP contribution in [0.15, 0.2) is 36.7 Å². The average Bonchev–Trinajstić information content (AvgIpc) is 3.48. The van der Waals surface area contributed by atoms with Crippen molar-refractivity contribution in [1.82, 2.24) is 24.6 Å². The molecule has 1 aromatic carbocycles. The number of carbonyl (C=O) groups excluding carboxylic acids is 2. The number of rotatable bonds is 8. The molecule has 2 aromatic heterocycles. The van der Waals surface area contributed by atoms with Crippen molar-refractivity contribution in [2.24, 2.45) is 5.92 Å². The number of likely N-dealkylation sites (N-methyl/N-ethyl adjacent to an activating group) is 1. The van der Waals surface area contributed by atoms with Crippen LogP contribution in [0.2, 0.25) is 0 Å². The second kappa shape index (κ2) is 9.36. The minimum absolute atomic E-state index is 0.0294. The monoisotopic (exact) mass is 474 g/mol. The first-order valence-electron chi connectivity index (χ1n) is 11.9. The van der Waals surface area contributed by atoms with Gasteiger partial charge in [0.05, 0.1) is 11.9 Å². The third-order valence-corrected chi connectivity index (χ3v) is 6.35. The molecule has 10 nitrogen and oxygen atoms in total. The van der Waals surface area contributed by atoms with Crippen LogP contribution < -0.4 is 15.5 Å². The number of hydrogen-bond acceptors (Lipinski definition) is 7. The van der Waals surface area contributed by atoms with Gasteiger partial charge in [0.1, 0.15) is 12.4 Å². The maximum Gasteiger partial charge on any atom is 0.243 e. The van der Waals surface area contributed by atoms with E-state index in [9.17, 15) is 9.59 Å². The first-order valence-corrected chi connectivity index (χ1v) is 11.9. The summed E-state index contributed by atoms with van der Waals surface area (Å²) in [7, 11) is 3.44. The molecular formula is C25H30N8O2. The standard InChI is InChI=1S/C25H30N8O2/c1-16-21-10-11-32(13-17-4-8-19(9-5-17)28-24(35)18-6-7-18)23(21)30-25(27-16)29-20-12-26-33(14-20)15-22(34)31(2)3/h4-5,8-9,12,14,18H,6-7,10-11,13,15H2,1-3H3,(H,28,35)(H,27,29,30). The molecule has 10 heteroatoms. The van der Waals surface area contributed by atoms with Crippen molar-refractivity contribution in [3.63, 3.8) is 0 Å². The Labute approximate surface area is 204 Å². The van der Waals surface area contributed by atoms with E-state index in [0.29, 0.717) is 5.95 Å². The van der Waals surface area contributed by atoms with Crippen molar-refractivity contribution in [1.29, 1.82) is 0 Å². The van der Waals surface area contributed by atoms with Crippen LogP contribution in [-0.4, -0.2) is 57.1 Å². The van der Waals surface area contributed by atoms with E-state index in [1.807, 2.05) is 19.1 Å². The van der Waals surface area contributed by atoms with Crippen LogP contribution in [0, 0.1) is 12.8 Å². The molecule has 2 aliphatic rings. The second-order valence-electron chi connectivity index (χ2n) is 9.41. The molecule has 1 aliphatic carbocycles. The van der Waals surface area contributed by atoms with Gasteiger partial charge in [0.15, 0.2) is 0 Å². The number of nitrogens with one attached hydrogen (secondary N) is 2. The number of aromatic nitrogens is 4. The third kappa shape index (κ3) is 5.26. The molecule has 0 unspecified atom stereocenters. The lowest BCUT2D eigenvalue weighted by Gasteiger charge is -2.19. The first kappa shape index (κ1) is 22.8. The summed E-state index contributed by atoms with van der Waals surface area (Å²) in [5, 5.41) is 10.5. The van der Waals surface area contributed by atoms with Crippen molar-refractivity contribution >= 4 is 35.0 Å². The number of benzene rings is 1. The predicted octanol–water partition coefficient (Wildman–Crippen LogP) is 2.72. The number of anilines is 4. The van der Waals surface area contributed by atoms with Gasteiger partial charge in [0.25, 0.3) is 0 Å². The molecule has 182 valence electrons. The zero-order valence-corrected chi connectivity index (χ0v) is 20.3. The largest absolute Gasteiger partial charge is 0.352 e. The Morgan fingerprint density at radius 2 is 1.89 bits per heavy atom. The zero-order valence-electron chi connectivity index (χ0n) is 20.3. The van der Waals surface area contributed by atoms with Gasteiger partial charge in [0.2, 0.25) is 17.8 Å². The normalized spacial score (nSPS) is 14.5. The van der Waals surface area contributed by atoms with Gasteiger partial charge in [-0.3, -0.25) is 14.3 Å². The molecule has 35 heavy (non-hydrogen) atoms. The van der Waals surface area contributed by atoms with E-state index in [4.69, 9.17) is 4.98 Å². The fourth-order valence-corrected chi connectivity index (χ4v) is 4.13. The van der Waals surface area contributed by atoms with Crippen molar-refractivity contribution < 1.29 is 9.59 Å². The molecule has 3 aromatic rings. The maximum absolute atomic E-state index is 12.0. The summed E-state index contributed by atoms with van der Waals surface area (Å²) in [5.41, 5.74) is 4.83. The van der Waals surface area contributed by atoms with Crippen LogP contribution in [0.5, 0.6) is 0 Å². The van der Waals surface area contributed by atoms with Crippen molar-refractivity contribution in [2.45, 2.75) is 39.3 Å². The summed E-state index contributed by atoms with van der Waals surface area (Å²) < 4.78 is 1.59. The van der Waals surface area contributed by atoms with Gasteiger partial charge in [-0.1, -0.05) is 12.1 Å². The molecule has 1 saturated carbocycles. The van der Waals surface area contributed by atoms with E-state index >= 15 is 0 Å². The SMILES string of the molecule is Cc1nc(Nc2cnn(CC(=O)N(C)C)c2)nc2c1CCN2Cc1ccc(NC(=O)C2CC2)cc1. The summed E-state index contributed by atoms with van der Waals surface area (Å²) in [6.07, 6.45) is 6.33. The number of carbonyl (C=O) groups is 2.